The van der Waals surface area contributed by atoms with Gasteiger partial charge in [0.05, 0.1) is 17.1 Å². The Morgan fingerprint density at radius 2 is 1.39 bits per heavy atom. The molecule has 0 radical (unpaired) electrons. The van der Waals surface area contributed by atoms with Gasteiger partial charge in [0, 0.05) is 18.1 Å². The Balaban J connectivity index is 1.90. The summed E-state index contributed by atoms with van der Waals surface area (Å²) in [6, 6.07) is 20.7. The van der Waals surface area contributed by atoms with Gasteiger partial charge in [-0.1, -0.05) is 53.6 Å². The van der Waals surface area contributed by atoms with E-state index in [2.05, 4.69) is 0 Å². The van der Waals surface area contributed by atoms with Crippen LogP contribution >= 0.6 is 11.6 Å². The molecule has 0 fully saturated rings. The van der Waals surface area contributed by atoms with E-state index < -0.39 is 16.0 Å². The molecule has 0 saturated carbocycles. The highest BCUT2D eigenvalue weighted by atomic mass is 35.5. The SMILES string of the molecule is CCOC(=O)c1ccc(CN(Cc2ccc(C)cc2)S(=O)(=O)c2ccc(Cl)cc2)cc1. The highest BCUT2D eigenvalue weighted by Gasteiger charge is 2.25. The molecular weight excluding hydrogens is 434 g/mol. The molecule has 0 heterocycles. The third-order valence-corrected chi connectivity index (χ3v) is 6.81. The van der Waals surface area contributed by atoms with Crippen LogP contribution in [0.4, 0.5) is 0 Å². The molecule has 0 atom stereocenters. The van der Waals surface area contributed by atoms with Gasteiger partial charge in [0.2, 0.25) is 10.0 Å². The standard InChI is InChI=1S/C24H24ClNO4S/c1-3-30-24(27)21-10-8-20(9-11-21)17-26(16-19-6-4-18(2)5-7-19)31(28,29)23-14-12-22(25)13-15-23/h4-15H,3,16-17H2,1-2H3. The summed E-state index contributed by atoms with van der Waals surface area (Å²) < 4.78 is 33.2. The van der Waals surface area contributed by atoms with Gasteiger partial charge >= 0.3 is 5.97 Å². The second-order valence-electron chi connectivity index (χ2n) is 7.13. The van der Waals surface area contributed by atoms with Crippen molar-refractivity contribution in [3.8, 4) is 0 Å². The van der Waals surface area contributed by atoms with E-state index in [1.54, 1.807) is 43.3 Å². The summed E-state index contributed by atoms with van der Waals surface area (Å²) in [6.07, 6.45) is 0. The molecule has 0 saturated heterocycles. The number of sulfonamides is 1. The lowest BCUT2D eigenvalue weighted by molar-refractivity contribution is 0.0526. The zero-order chi connectivity index (χ0) is 22.4. The number of hydrogen-bond donors (Lipinski definition) is 0. The molecule has 31 heavy (non-hydrogen) atoms. The molecule has 0 N–H and O–H groups in total. The summed E-state index contributed by atoms with van der Waals surface area (Å²) in [7, 11) is -3.78. The Kier molecular flexibility index (Phi) is 7.49. The molecule has 7 heteroatoms. The average Bonchev–Trinajstić information content (AvgIpc) is 2.76. The smallest absolute Gasteiger partial charge is 0.338 e. The number of aryl methyl sites for hydroxylation is 1. The lowest BCUT2D eigenvalue weighted by Gasteiger charge is -2.23. The van der Waals surface area contributed by atoms with Crippen LogP contribution in [0.5, 0.6) is 0 Å². The molecule has 162 valence electrons. The van der Waals surface area contributed by atoms with Crippen LogP contribution in [0.3, 0.4) is 0 Å². The van der Waals surface area contributed by atoms with E-state index in [1.807, 2.05) is 31.2 Å². The number of ether oxygens (including phenoxy) is 1. The average molecular weight is 458 g/mol. The minimum atomic E-state index is -3.78. The number of halogens is 1. The Morgan fingerprint density at radius 3 is 1.90 bits per heavy atom. The zero-order valence-electron chi connectivity index (χ0n) is 17.4. The molecule has 3 aromatic carbocycles. The maximum atomic E-state index is 13.4. The van der Waals surface area contributed by atoms with Gasteiger partial charge in [0.1, 0.15) is 0 Å². The number of nitrogens with zero attached hydrogens (tertiary/aromatic N) is 1. The van der Waals surface area contributed by atoms with Crippen molar-refractivity contribution >= 4 is 27.6 Å². The second kappa shape index (κ2) is 10.1. The molecular formula is C24H24ClNO4S. The van der Waals surface area contributed by atoms with Gasteiger partial charge in [-0.05, 0) is 61.4 Å². The number of carbonyl (C=O) groups excluding carboxylic acids is 1. The third kappa shape index (κ3) is 5.94. The summed E-state index contributed by atoms with van der Waals surface area (Å²) in [5, 5.41) is 0.471. The summed E-state index contributed by atoms with van der Waals surface area (Å²) in [5.74, 6) is -0.403. The van der Waals surface area contributed by atoms with E-state index in [4.69, 9.17) is 16.3 Å². The van der Waals surface area contributed by atoms with E-state index in [1.165, 1.54) is 16.4 Å². The van der Waals surface area contributed by atoms with Crippen molar-refractivity contribution in [2.45, 2.75) is 31.8 Å². The first-order valence-electron chi connectivity index (χ1n) is 9.87. The van der Waals surface area contributed by atoms with Gasteiger partial charge in [-0.2, -0.15) is 4.31 Å². The van der Waals surface area contributed by atoms with Crippen LogP contribution in [0.15, 0.2) is 77.7 Å². The van der Waals surface area contributed by atoms with Gasteiger partial charge in [0.15, 0.2) is 0 Å². The van der Waals surface area contributed by atoms with E-state index in [9.17, 15) is 13.2 Å². The Morgan fingerprint density at radius 1 is 0.871 bits per heavy atom. The summed E-state index contributed by atoms with van der Waals surface area (Å²) >= 11 is 5.93. The van der Waals surface area contributed by atoms with E-state index in [0.29, 0.717) is 17.2 Å². The van der Waals surface area contributed by atoms with Crippen LogP contribution in [-0.2, 0) is 27.8 Å². The fraction of sp³-hybridized carbons (Fsp3) is 0.208. The Bertz CT molecular complexity index is 1130. The molecule has 0 aliphatic heterocycles. The van der Waals surface area contributed by atoms with E-state index >= 15 is 0 Å². The highest BCUT2D eigenvalue weighted by Crippen LogP contribution is 2.23. The zero-order valence-corrected chi connectivity index (χ0v) is 19.0. The number of hydrogen-bond acceptors (Lipinski definition) is 4. The predicted octanol–water partition coefficient (Wildman–Crippen LogP) is 5.22. The monoisotopic (exact) mass is 457 g/mol. The first-order valence-corrected chi connectivity index (χ1v) is 11.7. The second-order valence-corrected chi connectivity index (χ2v) is 9.50. The van der Waals surface area contributed by atoms with E-state index in [-0.39, 0.29) is 18.0 Å². The molecule has 5 nitrogen and oxygen atoms in total. The minimum absolute atomic E-state index is 0.155. The van der Waals surface area contributed by atoms with Crippen molar-refractivity contribution in [1.82, 2.24) is 4.31 Å². The quantitative estimate of drug-likeness (QED) is 0.435. The Hall–Kier alpha value is -2.67. The van der Waals surface area contributed by atoms with Gasteiger partial charge in [-0.3, -0.25) is 0 Å². The fourth-order valence-corrected chi connectivity index (χ4v) is 4.59. The molecule has 0 spiro atoms. The number of esters is 1. The number of benzene rings is 3. The molecule has 0 amide bonds. The topological polar surface area (TPSA) is 63.7 Å². The maximum absolute atomic E-state index is 13.4. The van der Waals surface area contributed by atoms with Crippen LogP contribution in [0.25, 0.3) is 0 Å². The molecule has 0 unspecified atom stereocenters. The van der Waals surface area contributed by atoms with Crippen molar-refractivity contribution in [1.29, 1.82) is 0 Å². The van der Waals surface area contributed by atoms with Gasteiger partial charge in [0.25, 0.3) is 0 Å². The van der Waals surface area contributed by atoms with Gasteiger partial charge < -0.3 is 4.74 Å². The molecule has 0 bridgehead atoms. The van der Waals surface area contributed by atoms with Crippen molar-refractivity contribution in [2.75, 3.05) is 6.61 Å². The summed E-state index contributed by atoms with van der Waals surface area (Å²) in [6.45, 7) is 4.39. The van der Waals surface area contributed by atoms with Crippen molar-refractivity contribution in [3.05, 3.63) is 100 Å². The van der Waals surface area contributed by atoms with Crippen molar-refractivity contribution in [3.63, 3.8) is 0 Å². The number of rotatable bonds is 8. The van der Waals surface area contributed by atoms with Crippen LogP contribution in [-0.4, -0.2) is 25.3 Å². The minimum Gasteiger partial charge on any atom is -0.462 e. The largest absolute Gasteiger partial charge is 0.462 e. The third-order valence-electron chi connectivity index (χ3n) is 4.75. The fourth-order valence-electron chi connectivity index (χ4n) is 3.04. The van der Waals surface area contributed by atoms with Gasteiger partial charge in [-0.15, -0.1) is 0 Å². The normalized spacial score (nSPS) is 11.5. The molecule has 0 aromatic heterocycles. The molecule has 0 aliphatic rings. The Labute approximate surface area is 188 Å². The van der Waals surface area contributed by atoms with Crippen LogP contribution in [0, 0.1) is 6.92 Å². The maximum Gasteiger partial charge on any atom is 0.338 e. The van der Waals surface area contributed by atoms with Gasteiger partial charge in [-0.25, -0.2) is 13.2 Å². The summed E-state index contributed by atoms with van der Waals surface area (Å²) in [4.78, 5) is 12.1. The summed E-state index contributed by atoms with van der Waals surface area (Å²) in [5.41, 5.74) is 3.17. The predicted molar refractivity (Wildman–Crippen MR) is 121 cm³/mol. The highest BCUT2D eigenvalue weighted by molar-refractivity contribution is 7.89. The lowest BCUT2D eigenvalue weighted by Crippen LogP contribution is -2.30. The first kappa shape index (κ1) is 23.0. The molecule has 3 rings (SSSR count). The number of carbonyl (C=O) groups is 1. The van der Waals surface area contributed by atoms with Crippen molar-refractivity contribution in [2.24, 2.45) is 0 Å². The lowest BCUT2D eigenvalue weighted by atomic mass is 10.1. The van der Waals surface area contributed by atoms with Crippen LogP contribution in [0.2, 0.25) is 5.02 Å². The molecule has 3 aromatic rings. The van der Waals surface area contributed by atoms with Crippen LogP contribution in [0.1, 0.15) is 34.0 Å². The van der Waals surface area contributed by atoms with Crippen LogP contribution < -0.4 is 0 Å². The van der Waals surface area contributed by atoms with E-state index in [0.717, 1.165) is 16.7 Å². The first-order chi connectivity index (χ1) is 14.8. The van der Waals surface area contributed by atoms with Crippen molar-refractivity contribution < 1.29 is 17.9 Å². The molecule has 0 aliphatic carbocycles.